The summed E-state index contributed by atoms with van der Waals surface area (Å²) in [5.74, 6) is -0.193. The van der Waals surface area contributed by atoms with Crippen LogP contribution in [0.25, 0.3) is 11.1 Å². The first-order valence-electron chi connectivity index (χ1n) is 6.84. The van der Waals surface area contributed by atoms with Crippen LogP contribution >= 0.6 is 0 Å². The fourth-order valence-corrected chi connectivity index (χ4v) is 2.65. The van der Waals surface area contributed by atoms with Crippen LogP contribution < -0.4 is 0 Å². The molecule has 0 saturated heterocycles. The van der Waals surface area contributed by atoms with E-state index in [1.807, 2.05) is 18.2 Å². The van der Waals surface area contributed by atoms with Gasteiger partial charge in [0.25, 0.3) is 0 Å². The summed E-state index contributed by atoms with van der Waals surface area (Å²) in [4.78, 5) is 10.5. The number of carbonyl (C=O) groups excluding carboxylic acids is 1. The highest BCUT2D eigenvalue weighted by Crippen LogP contribution is 2.30. The van der Waals surface area contributed by atoms with E-state index < -0.39 is 0 Å². The molecule has 20 heavy (non-hydrogen) atoms. The molecule has 2 aromatic carbocycles. The largest absolute Gasteiger partial charge is 0.303 e. The Kier molecular flexibility index (Phi) is 4.33. The molecule has 0 fully saturated rings. The van der Waals surface area contributed by atoms with E-state index in [1.165, 1.54) is 11.1 Å². The molecule has 0 atom stereocenters. The van der Waals surface area contributed by atoms with E-state index in [9.17, 15) is 9.18 Å². The molecule has 0 spiro atoms. The second-order valence-electron chi connectivity index (χ2n) is 5.24. The first-order chi connectivity index (χ1) is 9.54. The zero-order valence-electron chi connectivity index (χ0n) is 12.2. The predicted octanol–water partition coefficient (Wildman–Crippen LogP) is 4.55. The van der Waals surface area contributed by atoms with E-state index in [0.29, 0.717) is 24.0 Å². The molecule has 0 aliphatic heterocycles. The number of rotatable bonds is 4. The van der Waals surface area contributed by atoms with Gasteiger partial charge in [-0.3, -0.25) is 0 Å². The van der Waals surface area contributed by atoms with Gasteiger partial charge < -0.3 is 4.79 Å². The molecule has 2 rings (SSSR count). The van der Waals surface area contributed by atoms with Crippen LogP contribution in [-0.2, 0) is 11.2 Å². The lowest BCUT2D eigenvalue weighted by Gasteiger charge is -2.13. The van der Waals surface area contributed by atoms with Crippen molar-refractivity contribution >= 4 is 6.29 Å². The van der Waals surface area contributed by atoms with Crippen molar-refractivity contribution in [3.63, 3.8) is 0 Å². The summed E-state index contributed by atoms with van der Waals surface area (Å²) in [5, 5.41) is 0. The van der Waals surface area contributed by atoms with Crippen molar-refractivity contribution in [3.8, 4) is 11.1 Å². The number of benzene rings is 2. The number of hydrogen-bond acceptors (Lipinski definition) is 1. The van der Waals surface area contributed by atoms with Gasteiger partial charge in [0.15, 0.2) is 0 Å². The number of halogens is 1. The molecule has 0 N–H and O–H groups in total. The van der Waals surface area contributed by atoms with Gasteiger partial charge in [-0.05, 0) is 72.7 Å². The number of hydrogen-bond donors (Lipinski definition) is 0. The topological polar surface area (TPSA) is 17.1 Å². The molecule has 1 nitrogen and oxygen atoms in total. The lowest BCUT2D eigenvalue weighted by molar-refractivity contribution is -0.107. The predicted molar refractivity (Wildman–Crippen MR) is 80.4 cm³/mol. The van der Waals surface area contributed by atoms with Gasteiger partial charge in [0.05, 0.1) is 0 Å². The first kappa shape index (κ1) is 14.4. The lowest BCUT2D eigenvalue weighted by Crippen LogP contribution is -1.97. The smallest absolute Gasteiger partial charge is 0.129 e. The lowest BCUT2D eigenvalue weighted by atomic mass is 9.92. The van der Waals surface area contributed by atoms with E-state index >= 15 is 0 Å². The third-order valence-electron chi connectivity index (χ3n) is 3.63. The zero-order chi connectivity index (χ0) is 14.7. The summed E-state index contributed by atoms with van der Waals surface area (Å²) in [5.41, 5.74) is 5.79. The highest BCUT2D eigenvalue weighted by Gasteiger charge is 2.11. The minimum atomic E-state index is -0.193. The van der Waals surface area contributed by atoms with E-state index in [2.05, 4.69) is 26.0 Å². The van der Waals surface area contributed by atoms with Crippen LogP contribution in [0.4, 0.5) is 4.39 Å². The number of aryl methyl sites for hydroxylation is 4. The van der Waals surface area contributed by atoms with Crippen molar-refractivity contribution in [1.29, 1.82) is 0 Å². The first-order valence-corrected chi connectivity index (χ1v) is 6.84. The Balaban J connectivity index is 2.57. The van der Waals surface area contributed by atoms with Gasteiger partial charge >= 0.3 is 0 Å². The van der Waals surface area contributed by atoms with Crippen LogP contribution in [0.1, 0.15) is 28.7 Å². The summed E-state index contributed by atoms with van der Waals surface area (Å²) in [6, 6.07) is 9.91. The Morgan fingerprint density at radius 2 is 1.70 bits per heavy atom. The van der Waals surface area contributed by atoms with Crippen LogP contribution in [0, 0.1) is 26.6 Å². The molecular formula is C18H19FO. The molecule has 0 aliphatic carbocycles. The molecule has 0 radical (unpaired) electrons. The molecule has 0 amide bonds. The van der Waals surface area contributed by atoms with Gasteiger partial charge in [-0.2, -0.15) is 0 Å². The molecule has 2 aromatic rings. The van der Waals surface area contributed by atoms with Gasteiger partial charge in [-0.1, -0.05) is 18.2 Å². The average Bonchev–Trinajstić information content (AvgIpc) is 2.40. The Hall–Kier alpha value is -1.96. The molecule has 0 aromatic heterocycles. The van der Waals surface area contributed by atoms with Gasteiger partial charge in [0.1, 0.15) is 12.1 Å². The average molecular weight is 270 g/mol. The molecular weight excluding hydrogens is 251 g/mol. The van der Waals surface area contributed by atoms with Crippen molar-refractivity contribution in [2.45, 2.75) is 33.6 Å². The van der Waals surface area contributed by atoms with Crippen LogP contribution in [0.5, 0.6) is 0 Å². The number of carbonyl (C=O) groups is 1. The summed E-state index contributed by atoms with van der Waals surface area (Å²) < 4.78 is 14.1. The fourth-order valence-electron chi connectivity index (χ4n) is 2.65. The quantitative estimate of drug-likeness (QED) is 0.745. The fraction of sp³-hybridized carbons (Fsp3) is 0.278. The molecule has 0 saturated carbocycles. The van der Waals surface area contributed by atoms with Gasteiger partial charge in [0, 0.05) is 6.42 Å². The summed E-state index contributed by atoms with van der Waals surface area (Å²) >= 11 is 0. The number of aldehydes is 1. The van der Waals surface area contributed by atoms with Crippen molar-refractivity contribution < 1.29 is 9.18 Å². The molecule has 0 bridgehead atoms. The monoisotopic (exact) mass is 270 g/mol. The van der Waals surface area contributed by atoms with Crippen molar-refractivity contribution in [2.24, 2.45) is 0 Å². The van der Waals surface area contributed by atoms with E-state index in [1.54, 1.807) is 6.92 Å². The Bertz CT molecular complexity index is 624. The Morgan fingerprint density at radius 3 is 2.30 bits per heavy atom. The third-order valence-corrected chi connectivity index (χ3v) is 3.63. The van der Waals surface area contributed by atoms with Gasteiger partial charge in [0.2, 0.25) is 0 Å². The van der Waals surface area contributed by atoms with E-state index in [4.69, 9.17) is 0 Å². The summed E-state index contributed by atoms with van der Waals surface area (Å²) in [6.07, 6.45) is 1.64. The second-order valence-corrected chi connectivity index (χ2v) is 5.24. The van der Waals surface area contributed by atoms with Crippen LogP contribution in [0.3, 0.4) is 0 Å². The zero-order valence-corrected chi connectivity index (χ0v) is 12.2. The Morgan fingerprint density at radius 1 is 1.05 bits per heavy atom. The van der Waals surface area contributed by atoms with Crippen LogP contribution in [-0.4, -0.2) is 6.29 Å². The maximum Gasteiger partial charge on any atom is 0.129 e. The molecule has 0 aliphatic rings. The van der Waals surface area contributed by atoms with E-state index in [0.717, 1.165) is 17.4 Å². The second kappa shape index (κ2) is 6.00. The summed E-state index contributed by atoms with van der Waals surface area (Å²) in [6.45, 7) is 5.90. The van der Waals surface area contributed by atoms with Crippen molar-refractivity contribution in [2.75, 3.05) is 0 Å². The van der Waals surface area contributed by atoms with Crippen LogP contribution in [0.15, 0.2) is 30.3 Å². The van der Waals surface area contributed by atoms with Gasteiger partial charge in [-0.15, -0.1) is 0 Å². The maximum absolute atomic E-state index is 14.1. The minimum Gasteiger partial charge on any atom is -0.303 e. The molecule has 0 unspecified atom stereocenters. The maximum atomic E-state index is 14.1. The summed E-state index contributed by atoms with van der Waals surface area (Å²) in [7, 11) is 0. The SMILES string of the molecule is Cc1cc(-c2c(C)cccc2C)cc(CCC=O)c1F. The van der Waals surface area contributed by atoms with Crippen molar-refractivity contribution in [3.05, 3.63) is 58.4 Å². The van der Waals surface area contributed by atoms with E-state index in [-0.39, 0.29) is 5.82 Å². The highest BCUT2D eigenvalue weighted by atomic mass is 19.1. The minimum absolute atomic E-state index is 0.193. The third kappa shape index (κ3) is 2.79. The standard InChI is InChI=1S/C18H19FO/c1-12-6-4-7-13(2)17(12)16-10-14(3)18(19)15(11-16)8-5-9-20/h4,6-7,9-11H,5,8H2,1-3H3. The molecule has 104 valence electrons. The molecule has 0 heterocycles. The Labute approximate surface area is 119 Å². The van der Waals surface area contributed by atoms with Gasteiger partial charge in [-0.25, -0.2) is 4.39 Å². The normalized spacial score (nSPS) is 10.6. The highest BCUT2D eigenvalue weighted by molar-refractivity contribution is 5.72. The molecule has 2 heteroatoms. The van der Waals surface area contributed by atoms with Crippen molar-refractivity contribution in [1.82, 2.24) is 0 Å². The van der Waals surface area contributed by atoms with Crippen LogP contribution in [0.2, 0.25) is 0 Å².